The minimum Gasteiger partial charge on any atom is -0.459 e. The molecule has 0 bridgehead atoms. The van der Waals surface area contributed by atoms with Crippen LogP contribution in [0, 0.1) is 23.7 Å². The largest absolute Gasteiger partial charge is 0.459 e. The van der Waals surface area contributed by atoms with Crippen LogP contribution in [0.25, 0.3) is 0 Å². The number of ether oxygens (including phenoxy) is 2. The highest BCUT2D eigenvalue weighted by molar-refractivity contribution is 5.69. The van der Waals surface area contributed by atoms with Crippen LogP contribution in [0.2, 0.25) is 0 Å². The highest BCUT2D eigenvalue weighted by Gasteiger charge is 2.43. The summed E-state index contributed by atoms with van der Waals surface area (Å²) >= 11 is 0. The Morgan fingerprint density at radius 1 is 1.00 bits per heavy atom. The number of aliphatic hydroxyl groups excluding tert-OH is 2. The van der Waals surface area contributed by atoms with E-state index in [0.29, 0.717) is 6.42 Å². The van der Waals surface area contributed by atoms with E-state index in [-0.39, 0.29) is 18.2 Å². The average Bonchev–Trinajstić information content (AvgIpc) is 3.29. The Hall–Kier alpha value is -1.53. The van der Waals surface area contributed by atoms with Crippen LogP contribution >= 0.6 is 0 Å². The smallest absolute Gasteiger partial charge is 0.306 e. The Labute approximate surface area is 137 Å². The van der Waals surface area contributed by atoms with Gasteiger partial charge in [0.1, 0.15) is 18.3 Å². The summed E-state index contributed by atoms with van der Waals surface area (Å²) < 4.78 is 10.6. The third-order valence-corrected chi connectivity index (χ3v) is 4.07. The molecule has 0 aliphatic carbocycles. The van der Waals surface area contributed by atoms with Gasteiger partial charge in [-0.15, -0.1) is 0 Å². The van der Waals surface area contributed by atoms with Gasteiger partial charge >= 0.3 is 5.97 Å². The van der Waals surface area contributed by atoms with Crippen molar-refractivity contribution in [2.24, 2.45) is 0 Å². The molecule has 2 rings (SSSR count). The van der Waals surface area contributed by atoms with Gasteiger partial charge in [0.2, 0.25) is 0 Å². The van der Waals surface area contributed by atoms with Crippen molar-refractivity contribution in [2.75, 3.05) is 0 Å². The highest BCUT2D eigenvalue weighted by atomic mass is 16.6. The summed E-state index contributed by atoms with van der Waals surface area (Å²) in [5.74, 6) is 9.81. The van der Waals surface area contributed by atoms with Gasteiger partial charge in [-0.25, -0.2) is 0 Å². The molecule has 5 heteroatoms. The summed E-state index contributed by atoms with van der Waals surface area (Å²) in [5, 5.41) is 19.7. The molecule has 0 spiro atoms. The molecule has 5 nitrogen and oxygen atoms in total. The summed E-state index contributed by atoms with van der Waals surface area (Å²) in [6.07, 6.45) is 3.51. The molecule has 0 radical (unpaired) electrons. The standard InChI is InChI=1S/C18H24O5/c1-13-14(19)9-7-8-10-15(20)18-16(23-18)11-5-3-2-4-6-12-17(21)22-13/h13-16,18-20H,2-6,11-12H2,1H3. The van der Waals surface area contributed by atoms with Crippen molar-refractivity contribution in [1.29, 1.82) is 0 Å². The summed E-state index contributed by atoms with van der Waals surface area (Å²) in [7, 11) is 0. The van der Waals surface area contributed by atoms with Crippen molar-refractivity contribution in [3.05, 3.63) is 0 Å². The third-order valence-electron chi connectivity index (χ3n) is 4.07. The van der Waals surface area contributed by atoms with Gasteiger partial charge < -0.3 is 19.7 Å². The minimum atomic E-state index is -1.09. The van der Waals surface area contributed by atoms with Gasteiger partial charge in [0, 0.05) is 6.42 Å². The van der Waals surface area contributed by atoms with E-state index in [1.54, 1.807) is 6.92 Å². The zero-order chi connectivity index (χ0) is 16.7. The van der Waals surface area contributed by atoms with Crippen LogP contribution in [0.4, 0.5) is 0 Å². The maximum absolute atomic E-state index is 11.7. The molecule has 0 aromatic rings. The summed E-state index contributed by atoms with van der Waals surface area (Å²) in [5.41, 5.74) is 0. The molecule has 1 saturated heterocycles. The van der Waals surface area contributed by atoms with E-state index in [9.17, 15) is 15.0 Å². The lowest BCUT2D eigenvalue weighted by molar-refractivity contribution is -0.152. The first kappa shape index (κ1) is 17.8. The van der Waals surface area contributed by atoms with Gasteiger partial charge in [-0.2, -0.15) is 0 Å². The number of carbonyl (C=O) groups is 1. The Kier molecular flexibility index (Phi) is 6.92. The minimum absolute atomic E-state index is 0.0896. The summed E-state index contributed by atoms with van der Waals surface area (Å²) in [4.78, 5) is 11.7. The van der Waals surface area contributed by atoms with E-state index in [4.69, 9.17) is 9.47 Å². The summed E-state index contributed by atoms with van der Waals surface area (Å²) in [6.45, 7) is 1.60. The van der Waals surface area contributed by atoms with Gasteiger partial charge in [-0.3, -0.25) is 4.79 Å². The number of epoxide rings is 1. The lowest BCUT2D eigenvalue weighted by Gasteiger charge is -2.15. The lowest BCUT2D eigenvalue weighted by atomic mass is 10.1. The fourth-order valence-electron chi connectivity index (χ4n) is 2.56. The molecule has 2 heterocycles. The fourth-order valence-corrected chi connectivity index (χ4v) is 2.56. The van der Waals surface area contributed by atoms with Crippen LogP contribution in [-0.4, -0.2) is 46.7 Å². The second-order valence-corrected chi connectivity index (χ2v) is 6.07. The highest BCUT2D eigenvalue weighted by Crippen LogP contribution is 2.30. The number of aliphatic hydroxyl groups is 2. The first-order valence-corrected chi connectivity index (χ1v) is 8.30. The molecular weight excluding hydrogens is 296 g/mol. The second-order valence-electron chi connectivity index (χ2n) is 6.07. The van der Waals surface area contributed by atoms with E-state index in [1.165, 1.54) is 0 Å². The van der Waals surface area contributed by atoms with Crippen molar-refractivity contribution in [3.63, 3.8) is 0 Å². The predicted octanol–water partition coefficient (Wildman–Crippen LogP) is 1.16. The van der Waals surface area contributed by atoms with Crippen LogP contribution in [0.5, 0.6) is 0 Å². The Morgan fingerprint density at radius 2 is 1.65 bits per heavy atom. The first-order chi connectivity index (χ1) is 11.1. The third kappa shape index (κ3) is 6.23. The van der Waals surface area contributed by atoms with Gasteiger partial charge in [0.05, 0.1) is 6.10 Å². The van der Waals surface area contributed by atoms with Gasteiger partial charge in [-0.1, -0.05) is 37.5 Å². The number of hydrogen-bond acceptors (Lipinski definition) is 5. The molecule has 5 unspecified atom stereocenters. The van der Waals surface area contributed by atoms with E-state index >= 15 is 0 Å². The van der Waals surface area contributed by atoms with Crippen LogP contribution in [0.3, 0.4) is 0 Å². The number of cyclic esters (lactones) is 1. The molecule has 0 saturated carbocycles. The van der Waals surface area contributed by atoms with Crippen molar-refractivity contribution in [1.82, 2.24) is 0 Å². The quantitative estimate of drug-likeness (QED) is 0.398. The Balaban J connectivity index is 1.94. The molecule has 1 fully saturated rings. The molecule has 2 aliphatic rings. The first-order valence-electron chi connectivity index (χ1n) is 8.30. The zero-order valence-corrected chi connectivity index (χ0v) is 13.5. The van der Waals surface area contributed by atoms with Gasteiger partial charge in [-0.05, 0) is 31.6 Å². The van der Waals surface area contributed by atoms with Crippen LogP contribution in [-0.2, 0) is 14.3 Å². The van der Waals surface area contributed by atoms with E-state index < -0.39 is 18.3 Å². The molecule has 126 valence electrons. The van der Waals surface area contributed by atoms with E-state index in [0.717, 1.165) is 38.5 Å². The number of hydrogen-bond donors (Lipinski definition) is 2. The maximum atomic E-state index is 11.7. The monoisotopic (exact) mass is 320 g/mol. The van der Waals surface area contributed by atoms with Crippen molar-refractivity contribution in [3.8, 4) is 23.7 Å². The molecule has 0 amide bonds. The predicted molar refractivity (Wildman–Crippen MR) is 84.1 cm³/mol. The number of rotatable bonds is 0. The lowest BCUT2D eigenvalue weighted by Crippen LogP contribution is -2.27. The van der Waals surface area contributed by atoms with Gasteiger partial charge in [0.25, 0.3) is 0 Å². The van der Waals surface area contributed by atoms with Crippen LogP contribution in [0.15, 0.2) is 0 Å². The molecule has 0 aromatic heterocycles. The fraction of sp³-hybridized carbons (Fsp3) is 0.722. The number of esters is 1. The van der Waals surface area contributed by atoms with Crippen LogP contribution < -0.4 is 0 Å². The second kappa shape index (κ2) is 8.93. The van der Waals surface area contributed by atoms with Crippen molar-refractivity contribution < 1.29 is 24.5 Å². The molecule has 23 heavy (non-hydrogen) atoms. The van der Waals surface area contributed by atoms with Crippen molar-refractivity contribution in [2.45, 2.75) is 82.4 Å². The van der Waals surface area contributed by atoms with E-state index in [2.05, 4.69) is 23.7 Å². The number of carbonyl (C=O) groups excluding carboxylic acids is 1. The SMILES string of the molecule is CC1OC(=O)CCCCCCCC2OC2C(O)C#CC#CC1O. The van der Waals surface area contributed by atoms with E-state index in [1.807, 2.05) is 0 Å². The average molecular weight is 320 g/mol. The van der Waals surface area contributed by atoms with Crippen LogP contribution in [0.1, 0.15) is 51.9 Å². The normalized spacial score (nSPS) is 36.0. The molecule has 5 atom stereocenters. The zero-order valence-electron chi connectivity index (χ0n) is 13.5. The molecular formula is C18H24O5. The summed E-state index contributed by atoms with van der Waals surface area (Å²) in [6, 6.07) is 0. The Bertz CT molecular complexity index is 521. The Morgan fingerprint density at radius 3 is 2.43 bits per heavy atom. The molecule has 0 aromatic carbocycles. The number of fused-ring (bicyclic) bond motifs is 1. The van der Waals surface area contributed by atoms with Gasteiger partial charge in [0.15, 0.2) is 6.10 Å². The van der Waals surface area contributed by atoms with Crippen molar-refractivity contribution >= 4 is 5.97 Å². The molecule has 2 aliphatic heterocycles. The maximum Gasteiger partial charge on any atom is 0.306 e. The topological polar surface area (TPSA) is 79.3 Å². The molecule has 2 N–H and O–H groups in total.